The molecule has 3 heteroatoms. The van der Waals surface area contributed by atoms with E-state index in [0.29, 0.717) is 12.6 Å². The van der Waals surface area contributed by atoms with Crippen molar-refractivity contribution in [2.75, 3.05) is 7.05 Å². The molecule has 2 atom stereocenters. The van der Waals surface area contributed by atoms with Crippen molar-refractivity contribution < 1.29 is 4.74 Å². The molecular weight excluding hydrogens is 308 g/mol. The van der Waals surface area contributed by atoms with Gasteiger partial charge in [-0.25, -0.2) is 0 Å². The summed E-state index contributed by atoms with van der Waals surface area (Å²) in [4.78, 5) is 2.53. The van der Waals surface area contributed by atoms with Gasteiger partial charge in [0.05, 0.1) is 0 Å². The van der Waals surface area contributed by atoms with Crippen molar-refractivity contribution >= 4 is 0 Å². The minimum atomic E-state index is 0.623. The molecule has 2 unspecified atom stereocenters. The molecule has 25 heavy (non-hydrogen) atoms. The summed E-state index contributed by atoms with van der Waals surface area (Å²) in [6, 6.07) is 21.1. The van der Waals surface area contributed by atoms with Crippen LogP contribution in [0.25, 0.3) is 0 Å². The largest absolute Gasteiger partial charge is 0.489 e. The molecule has 0 aromatic heterocycles. The molecule has 2 bridgehead atoms. The van der Waals surface area contributed by atoms with E-state index < -0.39 is 0 Å². The van der Waals surface area contributed by atoms with Crippen LogP contribution in [0.15, 0.2) is 54.6 Å². The smallest absolute Gasteiger partial charge is 0.119 e. The summed E-state index contributed by atoms with van der Waals surface area (Å²) < 4.78 is 5.88. The Labute approximate surface area is 151 Å². The fourth-order valence-corrected chi connectivity index (χ4v) is 4.24. The van der Waals surface area contributed by atoms with Gasteiger partial charge in [0.25, 0.3) is 0 Å². The van der Waals surface area contributed by atoms with E-state index in [1.807, 2.05) is 18.2 Å². The second kappa shape index (κ2) is 7.59. The standard InChI is InChI=1S/C22H28N2O/c1-24(21-13-19-9-10-20(14-21)23-19)15-17-7-11-22(12-8-17)25-16-18-5-3-2-4-6-18/h2-8,11-12,19-21,23H,9-10,13-16H2,1H3. The summed E-state index contributed by atoms with van der Waals surface area (Å²) in [5, 5.41) is 3.73. The second-order valence-corrected chi connectivity index (χ2v) is 7.60. The predicted octanol–water partition coefficient (Wildman–Crippen LogP) is 3.98. The Hall–Kier alpha value is -1.84. The van der Waals surface area contributed by atoms with Crippen LogP contribution in [0.5, 0.6) is 5.75 Å². The molecule has 0 saturated carbocycles. The van der Waals surface area contributed by atoms with Gasteiger partial charge >= 0.3 is 0 Å². The van der Waals surface area contributed by atoms with E-state index in [0.717, 1.165) is 24.4 Å². The van der Waals surface area contributed by atoms with Crippen molar-refractivity contribution in [2.45, 2.75) is 57.0 Å². The quantitative estimate of drug-likeness (QED) is 0.863. The highest BCUT2D eigenvalue weighted by molar-refractivity contribution is 5.28. The van der Waals surface area contributed by atoms with Crippen LogP contribution in [0.1, 0.15) is 36.8 Å². The molecule has 0 spiro atoms. The average molecular weight is 336 g/mol. The third-order valence-electron chi connectivity index (χ3n) is 5.68. The lowest BCUT2D eigenvalue weighted by Gasteiger charge is -2.35. The fourth-order valence-electron chi connectivity index (χ4n) is 4.24. The number of piperidine rings is 1. The Morgan fingerprint density at radius 2 is 1.60 bits per heavy atom. The highest BCUT2D eigenvalue weighted by Crippen LogP contribution is 2.30. The summed E-state index contributed by atoms with van der Waals surface area (Å²) in [6.45, 7) is 1.64. The van der Waals surface area contributed by atoms with Gasteiger partial charge < -0.3 is 10.1 Å². The first-order valence-electron chi connectivity index (χ1n) is 9.48. The number of hydrogen-bond acceptors (Lipinski definition) is 3. The molecule has 0 radical (unpaired) electrons. The van der Waals surface area contributed by atoms with Crippen LogP contribution in [0, 0.1) is 0 Å². The van der Waals surface area contributed by atoms with E-state index in [1.165, 1.54) is 36.8 Å². The van der Waals surface area contributed by atoms with Gasteiger partial charge in [-0.05, 0) is 56.0 Å². The molecule has 3 nitrogen and oxygen atoms in total. The van der Waals surface area contributed by atoms with Gasteiger partial charge in [0.2, 0.25) is 0 Å². The summed E-state index contributed by atoms with van der Waals surface area (Å²) in [5.74, 6) is 0.940. The molecule has 2 heterocycles. The normalized spacial score (nSPS) is 25.3. The number of fused-ring (bicyclic) bond motifs is 2. The fraction of sp³-hybridized carbons (Fsp3) is 0.455. The van der Waals surface area contributed by atoms with E-state index >= 15 is 0 Å². The van der Waals surface area contributed by atoms with E-state index in [2.05, 4.69) is 53.7 Å². The number of nitrogens with zero attached hydrogens (tertiary/aromatic N) is 1. The van der Waals surface area contributed by atoms with Gasteiger partial charge in [-0.1, -0.05) is 42.5 Å². The molecule has 2 saturated heterocycles. The first kappa shape index (κ1) is 16.6. The van der Waals surface area contributed by atoms with Crippen molar-refractivity contribution in [3.05, 3.63) is 65.7 Å². The van der Waals surface area contributed by atoms with Gasteiger partial charge in [-0.3, -0.25) is 4.90 Å². The van der Waals surface area contributed by atoms with Crippen LogP contribution in [-0.2, 0) is 13.2 Å². The number of ether oxygens (including phenoxy) is 1. The average Bonchev–Trinajstić information content (AvgIpc) is 2.99. The lowest BCUT2D eigenvalue weighted by Crippen LogP contribution is -2.46. The van der Waals surface area contributed by atoms with E-state index in [4.69, 9.17) is 4.74 Å². The van der Waals surface area contributed by atoms with Crippen LogP contribution in [0.3, 0.4) is 0 Å². The lowest BCUT2D eigenvalue weighted by atomic mass is 9.98. The van der Waals surface area contributed by atoms with E-state index in [1.54, 1.807) is 0 Å². The molecule has 4 rings (SSSR count). The number of benzene rings is 2. The van der Waals surface area contributed by atoms with Gasteiger partial charge in [0.1, 0.15) is 12.4 Å². The SMILES string of the molecule is CN(Cc1ccc(OCc2ccccc2)cc1)C1CC2CCC(C1)N2. The third kappa shape index (κ3) is 4.23. The molecule has 0 amide bonds. The Kier molecular flexibility index (Phi) is 5.04. The molecule has 2 aliphatic heterocycles. The number of nitrogens with one attached hydrogen (secondary N) is 1. The molecule has 132 valence electrons. The Morgan fingerprint density at radius 1 is 0.920 bits per heavy atom. The molecule has 2 aromatic carbocycles. The molecule has 0 aliphatic carbocycles. The minimum absolute atomic E-state index is 0.623. The van der Waals surface area contributed by atoms with Crippen molar-refractivity contribution in [1.29, 1.82) is 0 Å². The van der Waals surface area contributed by atoms with Crippen LogP contribution in [-0.4, -0.2) is 30.1 Å². The number of rotatable bonds is 6. The van der Waals surface area contributed by atoms with Crippen molar-refractivity contribution in [2.24, 2.45) is 0 Å². The third-order valence-corrected chi connectivity index (χ3v) is 5.68. The zero-order valence-electron chi connectivity index (χ0n) is 15.0. The van der Waals surface area contributed by atoms with Gasteiger partial charge in [0, 0.05) is 24.7 Å². The number of hydrogen-bond donors (Lipinski definition) is 1. The van der Waals surface area contributed by atoms with E-state index in [-0.39, 0.29) is 0 Å². The first-order chi connectivity index (χ1) is 12.3. The zero-order valence-corrected chi connectivity index (χ0v) is 15.0. The van der Waals surface area contributed by atoms with Crippen LogP contribution < -0.4 is 10.1 Å². The maximum atomic E-state index is 5.88. The van der Waals surface area contributed by atoms with Crippen LogP contribution in [0.4, 0.5) is 0 Å². The topological polar surface area (TPSA) is 24.5 Å². The lowest BCUT2D eigenvalue weighted by molar-refractivity contribution is 0.166. The highest BCUT2D eigenvalue weighted by Gasteiger charge is 2.34. The van der Waals surface area contributed by atoms with Gasteiger partial charge in [-0.2, -0.15) is 0 Å². The highest BCUT2D eigenvalue weighted by atomic mass is 16.5. The van der Waals surface area contributed by atoms with Crippen LogP contribution in [0.2, 0.25) is 0 Å². The predicted molar refractivity (Wildman–Crippen MR) is 102 cm³/mol. The first-order valence-corrected chi connectivity index (χ1v) is 9.48. The minimum Gasteiger partial charge on any atom is -0.489 e. The van der Waals surface area contributed by atoms with Crippen molar-refractivity contribution in [3.63, 3.8) is 0 Å². The molecule has 2 aliphatic rings. The monoisotopic (exact) mass is 336 g/mol. The molecule has 1 N–H and O–H groups in total. The Balaban J connectivity index is 1.29. The zero-order chi connectivity index (χ0) is 17.1. The molecule has 2 aromatic rings. The second-order valence-electron chi connectivity index (χ2n) is 7.60. The van der Waals surface area contributed by atoms with Crippen LogP contribution >= 0.6 is 0 Å². The summed E-state index contributed by atoms with van der Waals surface area (Å²) >= 11 is 0. The maximum absolute atomic E-state index is 5.88. The van der Waals surface area contributed by atoms with Gasteiger partial charge in [0.15, 0.2) is 0 Å². The molecule has 2 fully saturated rings. The van der Waals surface area contributed by atoms with Gasteiger partial charge in [-0.15, -0.1) is 0 Å². The summed E-state index contributed by atoms with van der Waals surface area (Å²) in [7, 11) is 2.27. The van der Waals surface area contributed by atoms with E-state index in [9.17, 15) is 0 Å². The van der Waals surface area contributed by atoms with Crippen molar-refractivity contribution in [1.82, 2.24) is 10.2 Å². The summed E-state index contributed by atoms with van der Waals surface area (Å²) in [6.07, 6.45) is 5.32. The Morgan fingerprint density at radius 3 is 2.28 bits per heavy atom. The summed E-state index contributed by atoms with van der Waals surface area (Å²) in [5.41, 5.74) is 2.56. The maximum Gasteiger partial charge on any atom is 0.119 e. The van der Waals surface area contributed by atoms with Crippen molar-refractivity contribution in [3.8, 4) is 5.75 Å². The Bertz CT molecular complexity index is 658. The molecular formula is C22H28N2O.